The molecule has 0 bridgehead atoms. The van der Waals surface area contributed by atoms with Gasteiger partial charge in [0.05, 0.1) is 12.9 Å². The second-order valence-corrected chi connectivity index (χ2v) is 5.93. The molecule has 1 aliphatic heterocycles. The molecular formula is C13H17FN4O5. The van der Waals surface area contributed by atoms with Gasteiger partial charge in [0.15, 0.2) is 23.0 Å². The minimum absolute atomic E-state index is 0.0197. The molecule has 9 nitrogen and oxygen atoms in total. The molecule has 0 amide bonds. The number of hydrogen-bond acceptors (Lipinski definition) is 7. The highest BCUT2D eigenvalue weighted by molar-refractivity contribution is 5.69. The standard InChI is InChI=1S/C13H17FN4O5/c1-6-16-8-7(9(20)17-6)15-5-18(8)11-12(2,22)10(21)13(3-14,4-19)23-11/h5,10-11,19,21-22H,3-4H2,1-2H3,(H,16,17,20)/t10-,11+,12+,13+/m0/s1. The Bertz CT molecular complexity index is 797. The summed E-state index contributed by atoms with van der Waals surface area (Å²) in [7, 11) is 0. The first-order chi connectivity index (χ1) is 10.8. The molecule has 0 unspecified atom stereocenters. The smallest absolute Gasteiger partial charge is 0.279 e. The Morgan fingerprint density at radius 3 is 2.83 bits per heavy atom. The third-order valence-electron chi connectivity index (χ3n) is 4.20. The molecule has 0 radical (unpaired) electrons. The maximum Gasteiger partial charge on any atom is 0.279 e. The molecule has 1 aliphatic rings. The summed E-state index contributed by atoms with van der Waals surface area (Å²) < 4.78 is 20.0. The molecular weight excluding hydrogens is 311 g/mol. The highest BCUT2D eigenvalue weighted by atomic mass is 19.1. The molecule has 0 aliphatic carbocycles. The second-order valence-electron chi connectivity index (χ2n) is 5.93. The van der Waals surface area contributed by atoms with Crippen molar-refractivity contribution in [2.75, 3.05) is 13.3 Å². The van der Waals surface area contributed by atoms with Crippen LogP contribution in [0.1, 0.15) is 19.0 Å². The zero-order valence-corrected chi connectivity index (χ0v) is 12.5. The predicted octanol–water partition coefficient (Wildman–Crippen LogP) is -1.23. The Balaban J connectivity index is 2.17. The van der Waals surface area contributed by atoms with Gasteiger partial charge in [-0.3, -0.25) is 9.36 Å². The number of H-pyrrole nitrogens is 1. The minimum atomic E-state index is -1.96. The maximum absolute atomic E-state index is 13.4. The Morgan fingerprint density at radius 1 is 1.57 bits per heavy atom. The fourth-order valence-corrected chi connectivity index (χ4v) is 2.89. The van der Waals surface area contributed by atoms with Crippen molar-refractivity contribution in [1.82, 2.24) is 19.5 Å². The van der Waals surface area contributed by atoms with Crippen molar-refractivity contribution in [2.24, 2.45) is 0 Å². The molecule has 4 atom stereocenters. The van der Waals surface area contributed by atoms with Gasteiger partial charge in [-0.15, -0.1) is 0 Å². The molecule has 10 heteroatoms. The molecule has 126 valence electrons. The van der Waals surface area contributed by atoms with E-state index in [9.17, 15) is 24.5 Å². The number of fused-ring (bicyclic) bond motifs is 1. The van der Waals surface area contributed by atoms with Crippen LogP contribution in [0.25, 0.3) is 11.2 Å². The van der Waals surface area contributed by atoms with E-state index in [0.717, 1.165) is 0 Å². The number of aromatic amines is 1. The number of rotatable bonds is 3. The van der Waals surface area contributed by atoms with Crippen LogP contribution in [-0.4, -0.2) is 65.4 Å². The monoisotopic (exact) mass is 328 g/mol. The number of ether oxygens (including phenoxy) is 1. The molecule has 0 saturated carbocycles. The van der Waals surface area contributed by atoms with E-state index < -0.39 is 42.4 Å². The van der Waals surface area contributed by atoms with Crippen LogP contribution in [0.5, 0.6) is 0 Å². The van der Waals surface area contributed by atoms with E-state index in [4.69, 9.17) is 4.74 Å². The summed E-state index contributed by atoms with van der Waals surface area (Å²) >= 11 is 0. The zero-order valence-electron chi connectivity index (χ0n) is 12.5. The second kappa shape index (κ2) is 5.06. The average Bonchev–Trinajstić information content (AvgIpc) is 2.99. The van der Waals surface area contributed by atoms with Gasteiger partial charge < -0.3 is 25.0 Å². The van der Waals surface area contributed by atoms with Gasteiger partial charge in [-0.05, 0) is 13.8 Å². The molecule has 1 saturated heterocycles. The summed E-state index contributed by atoms with van der Waals surface area (Å²) in [6.45, 7) is 0.801. The zero-order chi connectivity index (χ0) is 17.0. The van der Waals surface area contributed by atoms with Crippen molar-refractivity contribution in [1.29, 1.82) is 0 Å². The van der Waals surface area contributed by atoms with E-state index in [0.29, 0.717) is 5.82 Å². The van der Waals surface area contributed by atoms with E-state index in [1.165, 1.54) is 17.8 Å². The summed E-state index contributed by atoms with van der Waals surface area (Å²) in [6.07, 6.45) is -1.75. The quantitative estimate of drug-likeness (QED) is 0.554. The fourth-order valence-electron chi connectivity index (χ4n) is 2.89. The molecule has 4 N–H and O–H groups in total. The van der Waals surface area contributed by atoms with Gasteiger partial charge in [-0.1, -0.05) is 0 Å². The largest absolute Gasteiger partial charge is 0.393 e. The summed E-state index contributed by atoms with van der Waals surface area (Å²) in [4.78, 5) is 22.4. The van der Waals surface area contributed by atoms with Crippen molar-refractivity contribution < 1.29 is 24.4 Å². The number of aryl methyl sites for hydroxylation is 1. The Kier molecular flexibility index (Phi) is 3.52. The number of imidazole rings is 1. The third kappa shape index (κ3) is 2.10. The van der Waals surface area contributed by atoms with E-state index in [2.05, 4.69) is 15.0 Å². The lowest BCUT2D eigenvalue weighted by atomic mass is 9.88. The number of aliphatic hydroxyl groups is 3. The average molecular weight is 328 g/mol. The summed E-state index contributed by atoms with van der Waals surface area (Å²) in [5.41, 5.74) is -4.22. The normalized spacial score (nSPS) is 34.3. The number of hydrogen-bond donors (Lipinski definition) is 4. The molecule has 3 heterocycles. The number of nitrogens with one attached hydrogen (secondary N) is 1. The summed E-state index contributed by atoms with van der Waals surface area (Å²) in [5.74, 6) is 0.321. The van der Waals surface area contributed by atoms with Crippen molar-refractivity contribution >= 4 is 11.2 Å². The van der Waals surface area contributed by atoms with Crippen LogP contribution in [0.4, 0.5) is 4.39 Å². The van der Waals surface area contributed by atoms with Gasteiger partial charge >= 0.3 is 0 Å². The van der Waals surface area contributed by atoms with Crippen molar-refractivity contribution in [3.8, 4) is 0 Å². The molecule has 0 aromatic carbocycles. The fraction of sp³-hybridized carbons (Fsp3) is 0.615. The first kappa shape index (κ1) is 16.0. The molecule has 3 rings (SSSR count). The van der Waals surface area contributed by atoms with E-state index in [1.807, 2.05) is 0 Å². The minimum Gasteiger partial charge on any atom is -0.393 e. The van der Waals surface area contributed by atoms with Crippen LogP contribution in [-0.2, 0) is 4.74 Å². The van der Waals surface area contributed by atoms with E-state index in [1.54, 1.807) is 6.92 Å². The Hall–Kier alpha value is -1.88. The maximum atomic E-state index is 13.4. The first-order valence-corrected chi connectivity index (χ1v) is 6.95. The number of aliphatic hydroxyl groups excluding tert-OH is 2. The molecule has 23 heavy (non-hydrogen) atoms. The highest BCUT2D eigenvalue weighted by Crippen LogP contribution is 2.45. The van der Waals surface area contributed by atoms with Crippen LogP contribution in [0.3, 0.4) is 0 Å². The van der Waals surface area contributed by atoms with Crippen LogP contribution >= 0.6 is 0 Å². The van der Waals surface area contributed by atoms with Gasteiger partial charge in [-0.2, -0.15) is 0 Å². The number of aromatic nitrogens is 4. The summed E-state index contributed by atoms with van der Waals surface area (Å²) in [6, 6.07) is 0. The van der Waals surface area contributed by atoms with Crippen molar-refractivity contribution in [3.63, 3.8) is 0 Å². The molecule has 1 fully saturated rings. The van der Waals surface area contributed by atoms with E-state index >= 15 is 0 Å². The van der Waals surface area contributed by atoms with Gasteiger partial charge in [0.2, 0.25) is 0 Å². The van der Waals surface area contributed by atoms with Crippen molar-refractivity contribution in [2.45, 2.75) is 37.4 Å². The van der Waals surface area contributed by atoms with Crippen molar-refractivity contribution in [3.05, 3.63) is 22.5 Å². The lowest BCUT2D eigenvalue weighted by Crippen LogP contribution is -2.52. The molecule has 2 aromatic rings. The van der Waals surface area contributed by atoms with Gasteiger partial charge in [0, 0.05) is 0 Å². The molecule has 2 aromatic heterocycles. The Morgan fingerprint density at radius 2 is 2.26 bits per heavy atom. The SMILES string of the molecule is Cc1nc2c(ncn2[C@@H]2O[C@@](CO)(CF)[C@@H](O)[C@@]2(C)O)c(=O)[nH]1. The number of halogens is 1. The highest BCUT2D eigenvalue weighted by Gasteiger charge is 2.62. The van der Waals surface area contributed by atoms with Crippen LogP contribution < -0.4 is 5.56 Å². The van der Waals surface area contributed by atoms with Crippen LogP contribution in [0.15, 0.2) is 11.1 Å². The topological polar surface area (TPSA) is 133 Å². The summed E-state index contributed by atoms with van der Waals surface area (Å²) in [5, 5.41) is 30.2. The number of alkyl halides is 1. The lowest BCUT2D eigenvalue weighted by molar-refractivity contribution is -0.137. The van der Waals surface area contributed by atoms with Gasteiger partial charge in [-0.25, -0.2) is 14.4 Å². The van der Waals surface area contributed by atoms with Gasteiger partial charge in [0.25, 0.3) is 5.56 Å². The predicted molar refractivity (Wildman–Crippen MR) is 75.4 cm³/mol. The first-order valence-electron chi connectivity index (χ1n) is 6.95. The van der Waals surface area contributed by atoms with Crippen LogP contribution in [0, 0.1) is 6.92 Å². The van der Waals surface area contributed by atoms with Gasteiger partial charge in [0.1, 0.15) is 24.2 Å². The van der Waals surface area contributed by atoms with E-state index in [-0.39, 0.29) is 11.2 Å². The molecule has 0 spiro atoms. The Labute approximate surface area is 129 Å². The van der Waals surface area contributed by atoms with Crippen LogP contribution in [0.2, 0.25) is 0 Å². The lowest BCUT2D eigenvalue weighted by Gasteiger charge is -2.29. The number of nitrogens with zero attached hydrogens (tertiary/aromatic N) is 3. The third-order valence-corrected chi connectivity index (χ3v) is 4.20.